The second-order valence-corrected chi connectivity index (χ2v) is 12.1. The molecule has 0 spiro atoms. The molecule has 9 heteroatoms. The largest absolute Gasteiger partial charge is 0.482 e. The fraction of sp³-hybridized carbons (Fsp3) is 0.235. The first-order valence-electron chi connectivity index (χ1n) is 13.7. The summed E-state index contributed by atoms with van der Waals surface area (Å²) in [5.74, 6) is -0.511. The maximum atomic E-state index is 13.0. The van der Waals surface area contributed by atoms with Crippen LogP contribution in [0, 0.1) is 6.92 Å². The third kappa shape index (κ3) is 9.59. The molecule has 0 fully saturated rings. The smallest absolute Gasteiger partial charge is 0.416 e. The van der Waals surface area contributed by atoms with Crippen molar-refractivity contribution < 1.29 is 27.8 Å². The lowest BCUT2D eigenvalue weighted by Crippen LogP contribution is -2.34. The van der Waals surface area contributed by atoms with Gasteiger partial charge < -0.3 is 15.2 Å². The van der Waals surface area contributed by atoms with Gasteiger partial charge in [0.05, 0.1) is 5.56 Å². The number of thiocarbonyl (C=S) groups is 1. The van der Waals surface area contributed by atoms with E-state index < -0.39 is 24.3 Å². The number of nitrogens with one attached hydrogen (secondary N) is 1. The molecular formula is C34H32F3NO3S2. The van der Waals surface area contributed by atoms with Crippen molar-refractivity contribution in [3.63, 3.8) is 0 Å². The molecule has 0 saturated carbocycles. The summed E-state index contributed by atoms with van der Waals surface area (Å²) < 4.78 is 44.3. The summed E-state index contributed by atoms with van der Waals surface area (Å²) in [6, 6.07) is 29.2. The van der Waals surface area contributed by atoms with Crippen molar-refractivity contribution in [2.75, 3.05) is 6.61 Å². The number of ether oxygens (including phenoxy) is 1. The lowest BCUT2D eigenvalue weighted by molar-refractivity contribution is -0.139. The Kier molecular flexibility index (Phi) is 10.9. The van der Waals surface area contributed by atoms with Crippen LogP contribution >= 0.6 is 24.0 Å². The van der Waals surface area contributed by atoms with Crippen molar-refractivity contribution in [1.82, 2.24) is 5.32 Å². The number of carboxylic acids is 1. The average molecular weight is 624 g/mol. The highest BCUT2D eigenvalue weighted by Gasteiger charge is 2.30. The molecular weight excluding hydrogens is 592 g/mol. The summed E-state index contributed by atoms with van der Waals surface area (Å²) in [6.45, 7) is 3.48. The number of benzene rings is 4. The summed E-state index contributed by atoms with van der Waals surface area (Å²) in [4.78, 5) is 12.3. The van der Waals surface area contributed by atoms with E-state index in [1.54, 1.807) is 17.8 Å². The van der Waals surface area contributed by atoms with E-state index in [4.69, 9.17) is 22.1 Å². The number of hydrogen-bond acceptors (Lipinski definition) is 4. The van der Waals surface area contributed by atoms with Gasteiger partial charge in [-0.1, -0.05) is 78.9 Å². The van der Waals surface area contributed by atoms with Gasteiger partial charge in [0, 0.05) is 21.8 Å². The van der Waals surface area contributed by atoms with Gasteiger partial charge in [0.25, 0.3) is 0 Å². The number of carbonyl (C=O) groups is 1. The van der Waals surface area contributed by atoms with Gasteiger partial charge >= 0.3 is 12.1 Å². The highest BCUT2D eigenvalue weighted by molar-refractivity contribution is 8.00. The van der Waals surface area contributed by atoms with Crippen LogP contribution in [0.4, 0.5) is 13.2 Å². The van der Waals surface area contributed by atoms with Crippen LogP contribution in [0.1, 0.15) is 35.6 Å². The number of carboxylic acid groups (broad SMARTS) is 1. The minimum Gasteiger partial charge on any atom is -0.482 e. The Morgan fingerprint density at radius 3 is 2.21 bits per heavy atom. The van der Waals surface area contributed by atoms with Gasteiger partial charge in [0.2, 0.25) is 0 Å². The number of alkyl halides is 3. The molecule has 0 aromatic heterocycles. The van der Waals surface area contributed by atoms with Gasteiger partial charge in [-0.05, 0) is 79.3 Å². The number of thioether (sulfide) groups is 1. The quantitative estimate of drug-likeness (QED) is 0.122. The molecule has 0 aliphatic carbocycles. The Bertz CT molecular complexity index is 1530. The van der Waals surface area contributed by atoms with Crippen LogP contribution in [0.2, 0.25) is 0 Å². The zero-order chi connectivity index (χ0) is 31.0. The summed E-state index contributed by atoms with van der Waals surface area (Å²) in [7, 11) is 0. The van der Waals surface area contributed by atoms with Crippen molar-refractivity contribution in [2.24, 2.45) is 0 Å². The lowest BCUT2D eigenvalue weighted by Gasteiger charge is -2.23. The second-order valence-electron chi connectivity index (χ2n) is 10.3. The van der Waals surface area contributed by atoms with Crippen LogP contribution in [-0.2, 0) is 17.4 Å². The van der Waals surface area contributed by atoms with E-state index >= 15 is 0 Å². The zero-order valence-corrected chi connectivity index (χ0v) is 25.4. The van der Waals surface area contributed by atoms with Crippen LogP contribution < -0.4 is 10.1 Å². The zero-order valence-electron chi connectivity index (χ0n) is 23.7. The standard InChI is InChI=1S/C34H32F3NO3S2/c1-22-18-29(16-17-31(22)41-21-32(39)40)43-30(20-24-8-10-26(11-9-24)25-6-4-3-5-7-25)19-23(2)38-33(42)27-12-14-28(15-13-27)34(35,36)37/h3-18,23,30H,19-21H2,1-2H3,(H,38,42)(H,39,40). The predicted octanol–water partition coefficient (Wildman–Crippen LogP) is 8.59. The molecule has 0 heterocycles. The van der Waals surface area contributed by atoms with Crippen molar-refractivity contribution in [2.45, 2.75) is 49.1 Å². The maximum absolute atomic E-state index is 13.0. The van der Waals surface area contributed by atoms with Crippen LogP contribution in [0.25, 0.3) is 11.1 Å². The van der Waals surface area contributed by atoms with E-state index in [-0.39, 0.29) is 11.3 Å². The highest BCUT2D eigenvalue weighted by atomic mass is 32.2. The molecule has 0 aliphatic rings. The normalized spacial score (nSPS) is 12.8. The van der Waals surface area contributed by atoms with Crippen LogP contribution in [0.5, 0.6) is 5.75 Å². The Morgan fingerprint density at radius 2 is 1.60 bits per heavy atom. The minimum atomic E-state index is -4.40. The van der Waals surface area contributed by atoms with Gasteiger partial charge in [-0.25, -0.2) is 4.79 Å². The molecule has 4 aromatic rings. The number of hydrogen-bond donors (Lipinski definition) is 2. The van der Waals surface area contributed by atoms with Crippen LogP contribution in [0.3, 0.4) is 0 Å². The Balaban J connectivity index is 1.48. The topological polar surface area (TPSA) is 58.6 Å². The van der Waals surface area contributed by atoms with E-state index in [1.165, 1.54) is 17.7 Å². The van der Waals surface area contributed by atoms with Gasteiger partial charge in [-0.2, -0.15) is 13.2 Å². The predicted molar refractivity (Wildman–Crippen MR) is 170 cm³/mol. The van der Waals surface area contributed by atoms with E-state index in [0.29, 0.717) is 16.3 Å². The summed E-state index contributed by atoms with van der Waals surface area (Å²) in [6.07, 6.45) is -2.90. The Hall–Kier alpha value is -3.82. The van der Waals surface area contributed by atoms with Gasteiger partial charge in [-0.15, -0.1) is 11.8 Å². The second kappa shape index (κ2) is 14.6. The summed E-state index contributed by atoms with van der Waals surface area (Å²) in [5.41, 5.74) is 4.12. The molecule has 0 amide bonds. The van der Waals surface area contributed by atoms with Crippen molar-refractivity contribution in [3.8, 4) is 16.9 Å². The molecule has 2 atom stereocenters. The maximum Gasteiger partial charge on any atom is 0.416 e. The molecule has 0 aliphatic heterocycles. The molecule has 224 valence electrons. The summed E-state index contributed by atoms with van der Waals surface area (Å²) >= 11 is 7.23. The minimum absolute atomic E-state index is 0.0600. The molecule has 0 radical (unpaired) electrons. The lowest BCUT2D eigenvalue weighted by atomic mass is 10.0. The SMILES string of the molecule is Cc1cc(SC(Cc2ccc(-c3ccccc3)cc2)CC(C)NC(=S)c2ccc(C(F)(F)F)cc2)ccc1OCC(=O)O. The van der Waals surface area contributed by atoms with E-state index in [9.17, 15) is 18.0 Å². The first-order valence-corrected chi connectivity index (χ1v) is 15.0. The first kappa shape index (κ1) is 32.1. The van der Waals surface area contributed by atoms with Crippen molar-refractivity contribution in [3.05, 3.63) is 119 Å². The van der Waals surface area contributed by atoms with Crippen LogP contribution in [0.15, 0.2) is 102 Å². The number of halogens is 3. The number of aliphatic carboxylic acids is 1. The van der Waals surface area contributed by atoms with E-state index in [1.807, 2.05) is 44.2 Å². The molecule has 0 saturated heterocycles. The molecule has 0 bridgehead atoms. The van der Waals surface area contributed by atoms with Gasteiger partial charge in [-0.3, -0.25) is 0 Å². The summed E-state index contributed by atoms with van der Waals surface area (Å²) in [5, 5.41) is 12.4. The molecule has 2 unspecified atom stereocenters. The third-order valence-electron chi connectivity index (χ3n) is 6.79. The van der Waals surface area contributed by atoms with Crippen molar-refractivity contribution in [1.29, 1.82) is 0 Å². The van der Waals surface area contributed by atoms with E-state index in [0.717, 1.165) is 46.6 Å². The monoisotopic (exact) mass is 623 g/mol. The van der Waals surface area contributed by atoms with Gasteiger partial charge in [0.15, 0.2) is 6.61 Å². The Morgan fingerprint density at radius 1 is 0.953 bits per heavy atom. The van der Waals surface area contributed by atoms with Gasteiger partial charge in [0.1, 0.15) is 10.7 Å². The Labute approximate surface area is 259 Å². The molecule has 2 N–H and O–H groups in total. The first-order chi connectivity index (χ1) is 20.5. The molecule has 43 heavy (non-hydrogen) atoms. The van der Waals surface area contributed by atoms with Crippen molar-refractivity contribution >= 4 is 34.9 Å². The van der Waals surface area contributed by atoms with Crippen LogP contribution in [-0.4, -0.2) is 34.0 Å². The average Bonchev–Trinajstić information content (AvgIpc) is 2.97. The fourth-order valence-corrected chi connectivity index (χ4v) is 6.43. The number of aryl methyl sites for hydroxylation is 1. The molecule has 4 nitrogen and oxygen atoms in total. The van der Waals surface area contributed by atoms with E-state index in [2.05, 4.69) is 41.7 Å². The fourth-order valence-electron chi connectivity index (χ4n) is 4.66. The third-order valence-corrected chi connectivity index (χ3v) is 8.37. The highest BCUT2D eigenvalue weighted by Crippen LogP contribution is 2.33. The molecule has 4 rings (SSSR count). The molecule has 4 aromatic carbocycles. The number of rotatable bonds is 12.